The zero-order valence-electron chi connectivity index (χ0n) is 19.3. The Morgan fingerprint density at radius 3 is 2.20 bits per heavy atom. The molecule has 35 heavy (non-hydrogen) atoms. The number of ether oxygens (including phenoxy) is 2. The van der Waals surface area contributed by atoms with E-state index in [9.17, 15) is 19.2 Å². The van der Waals surface area contributed by atoms with Crippen molar-refractivity contribution in [2.45, 2.75) is 18.9 Å². The summed E-state index contributed by atoms with van der Waals surface area (Å²) in [6.07, 6.45) is 4.95. The average Bonchev–Trinajstić information content (AvgIpc) is 3.56. The van der Waals surface area contributed by atoms with Crippen LogP contribution < -0.4 is 10.1 Å². The number of carbonyl (C=O) groups is 4. The summed E-state index contributed by atoms with van der Waals surface area (Å²) >= 11 is 0. The molecule has 1 saturated heterocycles. The molecule has 2 aromatic carbocycles. The number of methoxy groups -OCH3 is 1. The van der Waals surface area contributed by atoms with E-state index in [4.69, 9.17) is 9.47 Å². The van der Waals surface area contributed by atoms with Gasteiger partial charge in [0.05, 0.1) is 18.9 Å². The summed E-state index contributed by atoms with van der Waals surface area (Å²) < 4.78 is 10.4. The minimum absolute atomic E-state index is 0.0371. The van der Waals surface area contributed by atoms with Crippen molar-refractivity contribution in [3.63, 3.8) is 0 Å². The molecule has 0 aromatic heterocycles. The van der Waals surface area contributed by atoms with E-state index >= 15 is 0 Å². The SMILES string of the molecule is COc1ccc(NC(=O)COC(=O)[C@H](Cc2ccccc2)N2C(=O)[C@@H]3[C@@H](C2=O)[C@H]2C=C[C@H]3C2)cc1. The fraction of sp³-hybridized carbons (Fsp3) is 0.333. The van der Waals surface area contributed by atoms with Crippen molar-refractivity contribution in [3.05, 3.63) is 72.3 Å². The molecule has 2 fully saturated rings. The molecule has 2 aliphatic carbocycles. The van der Waals surface area contributed by atoms with Gasteiger partial charge < -0.3 is 14.8 Å². The van der Waals surface area contributed by atoms with Crippen LogP contribution in [0.15, 0.2) is 66.7 Å². The monoisotopic (exact) mass is 474 g/mol. The molecule has 8 nitrogen and oxygen atoms in total. The lowest BCUT2D eigenvalue weighted by atomic mass is 9.85. The second-order valence-corrected chi connectivity index (χ2v) is 9.14. The number of rotatable bonds is 8. The molecule has 0 radical (unpaired) electrons. The van der Waals surface area contributed by atoms with Gasteiger partial charge in [-0.25, -0.2) is 4.79 Å². The molecule has 3 amide bonds. The lowest BCUT2D eigenvalue weighted by Crippen LogP contribution is -2.48. The van der Waals surface area contributed by atoms with Crippen LogP contribution in [0.1, 0.15) is 12.0 Å². The first-order valence-corrected chi connectivity index (χ1v) is 11.7. The van der Waals surface area contributed by atoms with E-state index in [-0.39, 0.29) is 30.1 Å². The Morgan fingerprint density at radius 2 is 1.60 bits per heavy atom. The Kier molecular flexibility index (Phi) is 6.11. The number of amides is 3. The number of esters is 1. The van der Waals surface area contributed by atoms with E-state index in [0.717, 1.165) is 16.9 Å². The van der Waals surface area contributed by atoms with Gasteiger partial charge in [0.1, 0.15) is 11.8 Å². The van der Waals surface area contributed by atoms with Crippen LogP contribution in [0.5, 0.6) is 5.75 Å². The summed E-state index contributed by atoms with van der Waals surface area (Å²) in [5.41, 5.74) is 1.31. The standard InChI is InChI=1S/C27H26N2O6/c1-34-20-11-9-19(10-12-20)28-22(30)15-35-27(33)21(13-16-5-3-2-4-6-16)29-25(31)23-17-7-8-18(14-17)24(23)26(29)32/h2-12,17-18,21,23-24H,13-15H2,1H3,(H,28,30)/t17-,18-,21-,23-,24-/m0/s1. The topological polar surface area (TPSA) is 102 Å². The highest BCUT2D eigenvalue weighted by Gasteiger charge is 2.61. The second-order valence-electron chi connectivity index (χ2n) is 9.14. The molecular formula is C27H26N2O6. The lowest BCUT2D eigenvalue weighted by molar-refractivity contribution is -0.160. The number of benzene rings is 2. The zero-order valence-corrected chi connectivity index (χ0v) is 19.3. The van der Waals surface area contributed by atoms with Gasteiger partial charge in [-0.3, -0.25) is 19.3 Å². The molecule has 1 aliphatic heterocycles. The molecule has 2 bridgehead atoms. The van der Waals surface area contributed by atoms with Crippen LogP contribution in [-0.4, -0.2) is 48.3 Å². The van der Waals surface area contributed by atoms with E-state index in [1.54, 1.807) is 31.4 Å². The van der Waals surface area contributed by atoms with Gasteiger partial charge in [0, 0.05) is 12.1 Å². The summed E-state index contributed by atoms with van der Waals surface area (Å²) in [6, 6.07) is 14.7. The molecule has 3 aliphatic rings. The number of nitrogens with one attached hydrogen (secondary N) is 1. The van der Waals surface area contributed by atoms with Crippen LogP contribution in [0, 0.1) is 23.7 Å². The van der Waals surface area contributed by atoms with E-state index < -0.39 is 36.4 Å². The molecule has 180 valence electrons. The number of nitrogens with zero attached hydrogens (tertiary/aromatic N) is 1. The summed E-state index contributed by atoms with van der Waals surface area (Å²) in [4.78, 5) is 53.3. The summed E-state index contributed by atoms with van der Waals surface area (Å²) in [5.74, 6) is -2.06. The molecule has 0 spiro atoms. The molecule has 1 saturated carbocycles. The van der Waals surface area contributed by atoms with Crippen LogP contribution in [-0.2, 0) is 30.3 Å². The normalized spacial score (nSPS) is 24.9. The van der Waals surface area contributed by atoms with Crippen molar-refractivity contribution >= 4 is 29.4 Å². The van der Waals surface area contributed by atoms with Crippen LogP contribution >= 0.6 is 0 Å². The van der Waals surface area contributed by atoms with Gasteiger partial charge >= 0.3 is 5.97 Å². The number of likely N-dealkylation sites (tertiary alicyclic amines) is 1. The Balaban J connectivity index is 1.30. The highest BCUT2D eigenvalue weighted by molar-refractivity contribution is 6.09. The van der Waals surface area contributed by atoms with Gasteiger partial charge in [-0.15, -0.1) is 0 Å². The van der Waals surface area contributed by atoms with Gasteiger partial charge in [-0.2, -0.15) is 0 Å². The maximum atomic E-state index is 13.3. The fourth-order valence-electron chi connectivity index (χ4n) is 5.45. The molecule has 5 rings (SSSR count). The highest BCUT2D eigenvalue weighted by Crippen LogP contribution is 2.53. The predicted molar refractivity (Wildman–Crippen MR) is 126 cm³/mol. The lowest BCUT2D eigenvalue weighted by Gasteiger charge is -2.26. The number of allylic oxidation sites excluding steroid dienone is 2. The van der Waals surface area contributed by atoms with Crippen molar-refractivity contribution in [2.24, 2.45) is 23.7 Å². The van der Waals surface area contributed by atoms with Gasteiger partial charge in [0.2, 0.25) is 11.8 Å². The third-order valence-electron chi connectivity index (χ3n) is 7.08. The van der Waals surface area contributed by atoms with Crippen molar-refractivity contribution in [1.82, 2.24) is 4.90 Å². The second kappa shape index (κ2) is 9.37. The van der Waals surface area contributed by atoms with Crippen LogP contribution in [0.3, 0.4) is 0 Å². The van der Waals surface area contributed by atoms with Crippen LogP contribution in [0.25, 0.3) is 0 Å². The average molecular weight is 475 g/mol. The minimum Gasteiger partial charge on any atom is -0.497 e. The van der Waals surface area contributed by atoms with E-state index in [0.29, 0.717) is 11.4 Å². The van der Waals surface area contributed by atoms with Crippen molar-refractivity contribution in [2.75, 3.05) is 19.0 Å². The first kappa shape index (κ1) is 22.8. The number of imide groups is 1. The van der Waals surface area contributed by atoms with E-state index in [1.165, 1.54) is 0 Å². The van der Waals surface area contributed by atoms with Crippen molar-refractivity contribution in [3.8, 4) is 5.75 Å². The highest BCUT2D eigenvalue weighted by atomic mass is 16.5. The van der Waals surface area contributed by atoms with Gasteiger partial charge in [0.25, 0.3) is 5.91 Å². The summed E-state index contributed by atoms with van der Waals surface area (Å²) in [7, 11) is 1.54. The molecule has 0 unspecified atom stereocenters. The molecular weight excluding hydrogens is 448 g/mol. The third kappa shape index (κ3) is 4.32. The molecule has 2 aromatic rings. The first-order chi connectivity index (χ1) is 17.0. The van der Waals surface area contributed by atoms with E-state index in [2.05, 4.69) is 5.32 Å². The Morgan fingerprint density at radius 1 is 0.971 bits per heavy atom. The smallest absolute Gasteiger partial charge is 0.330 e. The Labute approximate surface area is 202 Å². The maximum Gasteiger partial charge on any atom is 0.330 e. The summed E-state index contributed by atoms with van der Waals surface area (Å²) in [6.45, 7) is -0.536. The van der Waals surface area contributed by atoms with Gasteiger partial charge in [0.15, 0.2) is 6.61 Å². The van der Waals surface area contributed by atoms with Crippen molar-refractivity contribution in [1.29, 1.82) is 0 Å². The maximum absolute atomic E-state index is 13.3. The van der Waals surface area contributed by atoms with Crippen LogP contribution in [0.2, 0.25) is 0 Å². The number of fused-ring (bicyclic) bond motifs is 5. The zero-order chi connectivity index (χ0) is 24.5. The quantitative estimate of drug-likeness (QED) is 0.359. The summed E-state index contributed by atoms with van der Waals surface area (Å²) in [5, 5.41) is 2.65. The number of anilines is 1. The molecule has 1 heterocycles. The number of hydrogen-bond acceptors (Lipinski definition) is 6. The number of hydrogen-bond donors (Lipinski definition) is 1. The number of carbonyl (C=O) groups excluding carboxylic acids is 4. The van der Waals surface area contributed by atoms with Gasteiger partial charge in [-0.1, -0.05) is 42.5 Å². The van der Waals surface area contributed by atoms with E-state index in [1.807, 2.05) is 42.5 Å². The predicted octanol–water partition coefficient (Wildman–Crippen LogP) is 2.60. The molecule has 8 heteroatoms. The Bertz CT molecular complexity index is 1150. The van der Waals surface area contributed by atoms with Crippen molar-refractivity contribution < 1.29 is 28.7 Å². The minimum atomic E-state index is -1.13. The first-order valence-electron chi connectivity index (χ1n) is 11.7. The van der Waals surface area contributed by atoms with Gasteiger partial charge in [-0.05, 0) is 48.1 Å². The third-order valence-corrected chi connectivity index (χ3v) is 7.08. The molecule has 1 N–H and O–H groups in total. The fourth-order valence-corrected chi connectivity index (χ4v) is 5.45. The Hall–Kier alpha value is -3.94. The largest absolute Gasteiger partial charge is 0.497 e. The van der Waals surface area contributed by atoms with Crippen LogP contribution in [0.4, 0.5) is 5.69 Å². The molecule has 5 atom stereocenters.